The van der Waals surface area contributed by atoms with Crippen LogP contribution in [-0.4, -0.2) is 45.7 Å². The highest BCUT2D eigenvalue weighted by molar-refractivity contribution is 6.06. The predicted molar refractivity (Wildman–Crippen MR) is 105 cm³/mol. The fourth-order valence-corrected chi connectivity index (χ4v) is 3.20. The number of methoxy groups -OCH3 is 1. The number of carbonyl (C=O) groups is 3. The summed E-state index contributed by atoms with van der Waals surface area (Å²) in [4.78, 5) is 46.6. The molecular weight excluding hydrogens is 358 g/mol. The number of pyridine rings is 1. The molecule has 0 saturated carbocycles. The first-order valence-electron chi connectivity index (χ1n) is 9.20. The van der Waals surface area contributed by atoms with Gasteiger partial charge in [0.1, 0.15) is 5.69 Å². The molecule has 7 nitrogen and oxygen atoms in total. The second kappa shape index (κ2) is 8.82. The zero-order valence-electron chi connectivity index (χ0n) is 17.2. The Balaban J connectivity index is 2.40. The van der Waals surface area contributed by atoms with Gasteiger partial charge in [-0.25, -0.2) is 4.79 Å². The third-order valence-electron chi connectivity index (χ3n) is 4.77. The van der Waals surface area contributed by atoms with Crippen LogP contribution in [0.2, 0.25) is 0 Å². The summed E-state index contributed by atoms with van der Waals surface area (Å²) in [6.07, 6.45) is 3.34. The highest BCUT2D eigenvalue weighted by atomic mass is 16.5. The minimum atomic E-state index is -0.700. The number of Topliss-reactive ketones (excluding diaryl/α,β-unsaturated/α-hetero) is 1. The summed E-state index contributed by atoms with van der Waals surface area (Å²) < 4.78 is 4.77. The molecule has 2 heterocycles. The molecule has 2 rings (SSSR count). The number of esters is 1. The summed E-state index contributed by atoms with van der Waals surface area (Å²) in [6.45, 7) is 9.03. The van der Waals surface area contributed by atoms with Crippen molar-refractivity contribution in [3.05, 3.63) is 52.6 Å². The normalized spacial score (nSPS) is 12.0. The van der Waals surface area contributed by atoms with E-state index in [1.807, 2.05) is 6.07 Å². The number of aryl methyl sites for hydroxylation is 1. The molecule has 28 heavy (non-hydrogen) atoms. The SMILES string of the molecule is COC(=O)c1[nH]c(C)c(C(=O)[C@@H](C)N(Cc2cccnc2)C(=O)C(C)C)c1C. The first kappa shape index (κ1) is 21.3. The molecule has 2 aromatic rings. The Morgan fingerprint density at radius 1 is 1.21 bits per heavy atom. The largest absolute Gasteiger partial charge is 0.464 e. The molecule has 0 bridgehead atoms. The molecule has 0 fully saturated rings. The van der Waals surface area contributed by atoms with Crippen molar-refractivity contribution in [2.45, 2.75) is 47.2 Å². The molecule has 0 aliphatic rings. The zero-order chi connectivity index (χ0) is 21.0. The zero-order valence-corrected chi connectivity index (χ0v) is 17.2. The second-order valence-corrected chi connectivity index (χ2v) is 7.14. The molecule has 7 heteroatoms. The molecule has 0 saturated heterocycles. The smallest absolute Gasteiger partial charge is 0.354 e. The van der Waals surface area contributed by atoms with Gasteiger partial charge in [0.05, 0.1) is 13.2 Å². The molecule has 1 N–H and O–H groups in total. The maximum Gasteiger partial charge on any atom is 0.354 e. The number of ketones is 1. The number of hydrogen-bond acceptors (Lipinski definition) is 5. The van der Waals surface area contributed by atoms with Gasteiger partial charge in [-0.2, -0.15) is 0 Å². The van der Waals surface area contributed by atoms with Crippen LogP contribution in [0.15, 0.2) is 24.5 Å². The van der Waals surface area contributed by atoms with Gasteiger partial charge in [-0.3, -0.25) is 14.6 Å². The van der Waals surface area contributed by atoms with Crippen molar-refractivity contribution in [1.29, 1.82) is 0 Å². The van der Waals surface area contributed by atoms with Crippen molar-refractivity contribution in [3.8, 4) is 0 Å². The van der Waals surface area contributed by atoms with E-state index in [1.54, 1.807) is 58.0 Å². The number of nitrogens with zero attached hydrogens (tertiary/aromatic N) is 2. The number of amides is 1. The molecule has 2 aromatic heterocycles. The van der Waals surface area contributed by atoms with Crippen LogP contribution in [0.3, 0.4) is 0 Å². The lowest BCUT2D eigenvalue weighted by molar-refractivity contribution is -0.136. The predicted octanol–water partition coefficient (Wildman–Crippen LogP) is 3.07. The lowest BCUT2D eigenvalue weighted by Gasteiger charge is -2.30. The molecule has 0 aromatic carbocycles. The lowest BCUT2D eigenvalue weighted by atomic mass is 9.98. The first-order chi connectivity index (χ1) is 13.2. The Morgan fingerprint density at radius 3 is 2.43 bits per heavy atom. The van der Waals surface area contributed by atoms with E-state index in [0.717, 1.165) is 5.56 Å². The van der Waals surface area contributed by atoms with Gasteiger partial charge in [0.2, 0.25) is 5.91 Å². The molecule has 1 amide bonds. The number of ether oxygens (including phenoxy) is 1. The summed E-state index contributed by atoms with van der Waals surface area (Å²) >= 11 is 0. The quantitative estimate of drug-likeness (QED) is 0.584. The first-order valence-corrected chi connectivity index (χ1v) is 9.20. The van der Waals surface area contributed by atoms with E-state index < -0.39 is 12.0 Å². The van der Waals surface area contributed by atoms with Crippen LogP contribution in [0, 0.1) is 19.8 Å². The fraction of sp³-hybridized carbons (Fsp3) is 0.429. The van der Waals surface area contributed by atoms with Gasteiger partial charge in [-0.1, -0.05) is 19.9 Å². The van der Waals surface area contributed by atoms with Crippen molar-refractivity contribution >= 4 is 17.7 Å². The Hall–Kier alpha value is -2.96. The Morgan fingerprint density at radius 2 is 1.89 bits per heavy atom. The Bertz CT molecular complexity index is 871. The molecule has 0 aliphatic heterocycles. The van der Waals surface area contributed by atoms with Crippen molar-refractivity contribution in [1.82, 2.24) is 14.9 Å². The van der Waals surface area contributed by atoms with Crippen molar-refractivity contribution in [3.63, 3.8) is 0 Å². The van der Waals surface area contributed by atoms with Crippen LogP contribution < -0.4 is 0 Å². The molecule has 0 aliphatic carbocycles. The van der Waals surface area contributed by atoms with E-state index in [0.29, 0.717) is 16.8 Å². The van der Waals surface area contributed by atoms with E-state index in [1.165, 1.54) is 7.11 Å². The van der Waals surface area contributed by atoms with E-state index >= 15 is 0 Å². The average molecular weight is 385 g/mol. The molecule has 1 atom stereocenters. The van der Waals surface area contributed by atoms with Gasteiger partial charge in [-0.05, 0) is 38.0 Å². The van der Waals surface area contributed by atoms with Crippen LogP contribution in [0.1, 0.15) is 58.4 Å². The van der Waals surface area contributed by atoms with E-state index in [4.69, 9.17) is 4.74 Å². The molecule has 150 valence electrons. The van der Waals surface area contributed by atoms with Gasteiger partial charge in [0.15, 0.2) is 5.78 Å². The summed E-state index contributed by atoms with van der Waals surface area (Å²) in [5.74, 6) is -1.13. The maximum atomic E-state index is 13.3. The molecule has 0 radical (unpaired) electrons. The van der Waals surface area contributed by atoms with Crippen LogP contribution in [0.4, 0.5) is 0 Å². The Labute approximate surface area is 165 Å². The topological polar surface area (TPSA) is 92.4 Å². The fourth-order valence-electron chi connectivity index (χ4n) is 3.20. The van der Waals surface area contributed by atoms with Gasteiger partial charge in [0.25, 0.3) is 0 Å². The lowest BCUT2D eigenvalue weighted by Crippen LogP contribution is -2.44. The Kier molecular flexibility index (Phi) is 6.72. The van der Waals surface area contributed by atoms with Crippen molar-refractivity contribution in [2.24, 2.45) is 5.92 Å². The minimum absolute atomic E-state index is 0.122. The van der Waals surface area contributed by atoms with Crippen molar-refractivity contribution in [2.75, 3.05) is 7.11 Å². The number of aromatic amines is 1. The molecule has 0 spiro atoms. The summed E-state index contributed by atoms with van der Waals surface area (Å²) in [7, 11) is 1.29. The number of hydrogen-bond donors (Lipinski definition) is 1. The van der Waals surface area contributed by atoms with Crippen LogP contribution in [0.25, 0.3) is 0 Å². The summed E-state index contributed by atoms with van der Waals surface area (Å²) in [5.41, 5.74) is 2.62. The number of aromatic nitrogens is 2. The highest BCUT2D eigenvalue weighted by Crippen LogP contribution is 2.23. The number of H-pyrrole nitrogens is 1. The van der Waals surface area contributed by atoms with Gasteiger partial charge in [-0.15, -0.1) is 0 Å². The highest BCUT2D eigenvalue weighted by Gasteiger charge is 2.32. The summed E-state index contributed by atoms with van der Waals surface area (Å²) in [6, 6.07) is 2.96. The maximum absolute atomic E-state index is 13.3. The van der Waals surface area contributed by atoms with Crippen molar-refractivity contribution < 1.29 is 19.1 Å². The van der Waals surface area contributed by atoms with Gasteiger partial charge >= 0.3 is 5.97 Å². The average Bonchev–Trinajstić information content (AvgIpc) is 2.98. The van der Waals surface area contributed by atoms with Gasteiger partial charge < -0.3 is 14.6 Å². The van der Waals surface area contributed by atoms with Gasteiger partial charge in [0, 0.05) is 36.1 Å². The third-order valence-corrected chi connectivity index (χ3v) is 4.77. The number of carbonyl (C=O) groups excluding carboxylic acids is 3. The van der Waals surface area contributed by atoms with Crippen LogP contribution >= 0.6 is 0 Å². The molecular formula is C21H27N3O4. The van der Waals surface area contributed by atoms with E-state index in [9.17, 15) is 14.4 Å². The number of nitrogens with one attached hydrogen (secondary N) is 1. The molecule has 0 unspecified atom stereocenters. The van der Waals surface area contributed by atoms with E-state index in [-0.39, 0.29) is 29.8 Å². The second-order valence-electron chi connectivity index (χ2n) is 7.14. The van der Waals surface area contributed by atoms with Crippen LogP contribution in [0.5, 0.6) is 0 Å². The van der Waals surface area contributed by atoms with Crippen LogP contribution in [-0.2, 0) is 16.1 Å². The number of rotatable bonds is 7. The van der Waals surface area contributed by atoms with E-state index in [2.05, 4.69) is 9.97 Å². The monoisotopic (exact) mass is 385 g/mol. The third kappa shape index (κ3) is 4.30. The standard InChI is InChI=1S/C21H27N3O4/c1-12(2)20(26)24(11-16-8-7-9-22-10-16)15(5)19(25)17-13(3)18(21(27)28-6)23-14(17)4/h7-10,12,15,23H,11H2,1-6H3/t15-/m1/s1. The summed E-state index contributed by atoms with van der Waals surface area (Å²) in [5, 5.41) is 0. The minimum Gasteiger partial charge on any atom is -0.464 e.